The quantitative estimate of drug-likeness (QED) is 0.189. The third-order valence-electron chi connectivity index (χ3n) is 8.41. The molecule has 0 aliphatic carbocycles. The van der Waals surface area contributed by atoms with Crippen LogP contribution in [-0.4, -0.2) is 67.9 Å². The highest BCUT2D eigenvalue weighted by atomic mass is 28.4. The van der Waals surface area contributed by atoms with E-state index >= 15 is 0 Å². The number of carboxylic acid groups (broad SMARTS) is 1. The topological polar surface area (TPSA) is 104 Å². The Labute approximate surface area is 284 Å². The van der Waals surface area contributed by atoms with Gasteiger partial charge < -0.3 is 33.4 Å². The molecule has 0 bridgehead atoms. The summed E-state index contributed by atoms with van der Waals surface area (Å²) in [4.78, 5) is 26.9. The Bertz CT molecular complexity index is 1570. The molecule has 0 unspecified atom stereocenters. The van der Waals surface area contributed by atoms with Gasteiger partial charge in [-0.05, 0) is 106 Å². The van der Waals surface area contributed by atoms with E-state index in [0.717, 1.165) is 23.4 Å². The van der Waals surface area contributed by atoms with E-state index in [0.29, 0.717) is 24.3 Å². The number of carbonyl (C=O) groups excluding carboxylic acids is 1. The molecule has 9 nitrogen and oxygen atoms in total. The number of ether oxygens (including phenoxy) is 4. The van der Waals surface area contributed by atoms with Gasteiger partial charge >= 0.3 is 12.1 Å². The lowest BCUT2D eigenvalue weighted by Gasteiger charge is -2.41. The van der Waals surface area contributed by atoms with Gasteiger partial charge in [-0.1, -0.05) is 39.0 Å². The maximum atomic E-state index is 13.6. The van der Waals surface area contributed by atoms with E-state index in [1.165, 1.54) is 6.07 Å². The minimum Gasteiger partial charge on any atom is -0.491 e. The Kier molecular flexibility index (Phi) is 11.5. The predicted octanol–water partition coefficient (Wildman–Crippen LogP) is 8.72. The highest BCUT2D eigenvalue weighted by Gasteiger charge is 2.40. The Morgan fingerprint density at radius 2 is 1.71 bits per heavy atom. The van der Waals surface area contributed by atoms with Crippen LogP contribution >= 0.6 is 0 Å². The fourth-order valence-corrected chi connectivity index (χ4v) is 6.29. The first kappa shape index (κ1) is 36.7. The zero-order valence-corrected chi connectivity index (χ0v) is 30.2. The molecule has 4 rings (SSSR count). The van der Waals surface area contributed by atoms with Crippen molar-refractivity contribution in [2.24, 2.45) is 0 Å². The third kappa shape index (κ3) is 10.2. The fourth-order valence-electron chi connectivity index (χ4n) is 4.96. The molecule has 260 valence electrons. The van der Waals surface area contributed by atoms with Crippen LogP contribution in [0.1, 0.15) is 63.9 Å². The highest BCUT2D eigenvalue weighted by molar-refractivity contribution is 6.74. The molecule has 1 aliphatic heterocycles. The highest BCUT2D eigenvalue weighted by Crippen LogP contribution is 2.38. The summed E-state index contributed by atoms with van der Waals surface area (Å²) in [5, 5.41) is 9.42. The van der Waals surface area contributed by atoms with Gasteiger partial charge in [-0.15, -0.1) is 0 Å². The summed E-state index contributed by atoms with van der Waals surface area (Å²) in [7, 11) is -2.25. The molecule has 0 spiro atoms. The standard InChI is InChI=1S/C37H48FNO8Si/c1-36(2,3)46-35(42)39(23-30(47-48(7,8)37(4,5)6)24-43-27-12-10-9-11-13-27)22-29-16-14-25-20-28(17-19-32(25)45-29)44-33-18-15-26(38)21-31(33)34(40)41/h9-13,15,17-21,29-30H,14,16,22-24H2,1-8H3,(H,40,41)/t29-,30+/m1/s1. The van der Waals surface area contributed by atoms with Crippen LogP contribution in [0.5, 0.6) is 23.0 Å². The molecule has 3 aromatic carbocycles. The second kappa shape index (κ2) is 15.0. The number of fused-ring (bicyclic) bond motifs is 1. The molecule has 11 heteroatoms. The number of carbonyl (C=O) groups is 2. The smallest absolute Gasteiger partial charge is 0.410 e. The van der Waals surface area contributed by atoms with E-state index in [1.807, 2.05) is 51.1 Å². The van der Waals surface area contributed by atoms with Gasteiger partial charge in [0.2, 0.25) is 0 Å². The van der Waals surface area contributed by atoms with Crippen LogP contribution in [0.3, 0.4) is 0 Å². The lowest BCUT2D eigenvalue weighted by Crippen LogP contribution is -2.52. The first-order chi connectivity index (χ1) is 22.4. The van der Waals surface area contributed by atoms with Crippen LogP contribution in [0.25, 0.3) is 0 Å². The Hall–Kier alpha value is -4.09. The van der Waals surface area contributed by atoms with Gasteiger partial charge in [-0.25, -0.2) is 14.0 Å². The fraction of sp³-hybridized carbons (Fsp3) is 0.459. The number of aryl methyl sites for hydroxylation is 1. The molecule has 3 aromatic rings. The lowest BCUT2D eigenvalue weighted by molar-refractivity contribution is 0.000507. The molecule has 1 amide bonds. The Morgan fingerprint density at radius 1 is 1.00 bits per heavy atom. The summed E-state index contributed by atoms with van der Waals surface area (Å²) >= 11 is 0. The van der Waals surface area contributed by atoms with E-state index in [9.17, 15) is 19.1 Å². The molecule has 0 fully saturated rings. The van der Waals surface area contributed by atoms with Crippen molar-refractivity contribution in [2.45, 2.75) is 90.3 Å². The van der Waals surface area contributed by atoms with E-state index in [4.69, 9.17) is 23.4 Å². The molecule has 2 atom stereocenters. The van der Waals surface area contributed by atoms with Crippen LogP contribution in [-0.2, 0) is 15.6 Å². The first-order valence-electron chi connectivity index (χ1n) is 16.2. The van der Waals surface area contributed by atoms with Crippen molar-refractivity contribution in [3.63, 3.8) is 0 Å². The van der Waals surface area contributed by atoms with Gasteiger partial charge in [0.25, 0.3) is 0 Å². The predicted molar refractivity (Wildman–Crippen MR) is 184 cm³/mol. The number of para-hydroxylation sites is 1. The second-order valence-electron chi connectivity index (χ2n) is 14.6. The van der Waals surface area contributed by atoms with Gasteiger partial charge in [0.15, 0.2) is 8.32 Å². The Balaban J connectivity index is 1.52. The van der Waals surface area contributed by atoms with Crippen molar-refractivity contribution < 1.29 is 42.5 Å². The molecule has 0 saturated heterocycles. The van der Waals surface area contributed by atoms with Crippen LogP contribution in [0, 0.1) is 5.82 Å². The number of nitrogens with zero attached hydrogens (tertiary/aromatic N) is 1. The number of hydrogen-bond acceptors (Lipinski definition) is 7. The number of aromatic carboxylic acids is 1. The summed E-state index contributed by atoms with van der Waals surface area (Å²) in [6.07, 6.45) is 0.0430. The second-order valence-corrected chi connectivity index (χ2v) is 19.4. The first-order valence-corrected chi connectivity index (χ1v) is 19.1. The lowest BCUT2D eigenvalue weighted by atomic mass is 10.0. The largest absolute Gasteiger partial charge is 0.491 e. The molecule has 1 N–H and O–H groups in total. The zero-order chi connectivity index (χ0) is 35.3. The summed E-state index contributed by atoms with van der Waals surface area (Å²) in [5.74, 6) is -0.138. The molecule has 0 radical (unpaired) electrons. The van der Waals surface area contributed by atoms with Crippen molar-refractivity contribution in [1.29, 1.82) is 0 Å². The minimum absolute atomic E-state index is 0.0390. The van der Waals surface area contributed by atoms with Crippen molar-refractivity contribution in [1.82, 2.24) is 4.90 Å². The molecule has 0 aromatic heterocycles. The van der Waals surface area contributed by atoms with Crippen LogP contribution in [0.4, 0.5) is 9.18 Å². The molecule has 48 heavy (non-hydrogen) atoms. The Morgan fingerprint density at radius 3 is 2.35 bits per heavy atom. The number of carboxylic acids is 1. The molecule has 1 aliphatic rings. The van der Waals surface area contributed by atoms with Gasteiger partial charge in [0.1, 0.15) is 52.7 Å². The monoisotopic (exact) mass is 681 g/mol. The minimum atomic E-state index is -2.25. The molecule has 1 heterocycles. The molecule has 0 saturated carbocycles. The van der Waals surface area contributed by atoms with Crippen molar-refractivity contribution in [2.75, 3.05) is 19.7 Å². The summed E-state index contributed by atoms with van der Waals surface area (Å²) < 4.78 is 44.7. The number of hydrogen-bond donors (Lipinski definition) is 1. The summed E-state index contributed by atoms with van der Waals surface area (Å²) in [6, 6.07) is 18.1. The van der Waals surface area contributed by atoms with Crippen LogP contribution in [0.15, 0.2) is 66.7 Å². The maximum absolute atomic E-state index is 13.6. The van der Waals surface area contributed by atoms with E-state index in [-0.39, 0.29) is 42.2 Å². The molecular weight excluding hydrogens is 633 g/mol. The van der Waals surface area contributed by atoms with Crippen LogP contribution in [0.2, 0.25) is 18.1 Å². The average molecular weight is 682 g/mol. The van der Waals surface area contributed by atoms with Gasteiger partial charge in [0, 0.05) is 0 Å². The zero-order valence-electron chi connectivity index (χ0n) is 29.2. The van der Waals surface area contributed by atoms with Crippen LogP contribution < -0.4 is 14.2 Å². The SMILES string of the molecule is CC(C)(C)OC(=O)N(C[C@H]1CCc2cc(Oc3ccc(F)cc3C(=O)O)ccc2O1)C[C@@H](COc1ccccc1)O[Si](C)(C)C(C)(C)C. The normalized spacial score (nSPS) is 15.5. The summed E-state index contributed by atoms with van der Waals surface area (Å²) in [5.41, 5.74) is -0.0918. The third-order valence-corrected chi connectivity index (χ3v) is 12.9. The number of benzene rings is 3. The van der Waals surface area contributed by atoms with E-state index in [1.54, 1.807) is 23.1 Å². The summed E-state index contributed by atoms with van der Waals surface area (Å²) in [6.45, 7) is 17.2. The van der Waals surface area contributed by atoms with Gasteiger partial charge in [0.05, 0.1) is 19.2 Å². The van der Waals surface area contributed by atoms with Crippen molar-refractivity contribution in [3.8, 4) is 23.0 Å². The van der Waals surface area contributed by atoms with E-state index in [2.05, 4.69) is 33.9 Å². The van der Waals surface area contributed by atoms with Crippen molar-refractivity contribution >= 4 is 20.4 Å². The number of rotatable bonds is 12. The van der Waals surface area contributed by atoms with Gasteiger partial charge in [-0.3, -0.25) is 0 Å². The molecular formula is C37H48FNO8Si. The van der Waals surface area contributed by atoms with Gasteiger partial charge in [-0.2, -0.15) is 0 Å². The average Bonchev–Trinajstić information content (AvgIpc) is 2.99. The maximum Gasteiger partial charge on any atom is 0.410 e. The number of halogens is 1. The van der Waals surface area contributed by atoms with Crippen molar-refractivity contribution in [3.05, 3.63) is 83.7 Å². The van der Waals surface area contributed by atoms with E-state index < -0.39 is 37.9 Å². The number of amides is 1.